The van der Waals surface area contributed by atoms with Gasteiger partial charge in [0, 0.05) is 54.9 Å². The molecule has 230 valence electrons. The van der Waals surface area contributed by atoms with Gasteiger partial charge in [-0.3, -0.25) is 9.55 Å². The number of para-hydroxylation sites is 1. The molecule has 4 heterocycles. The number of rotatable bonds is 5. The van der Waals surface area contributed by atoms with Crippen molar-refractivity contribution in [1.29, 1.82) is 0 Å². The van der Waals surface area contributed by atoms with Gasteiger partial charge in [0.05, 0.1) is 28.4 Å². The zero-order chi connectivity index (χ0) is 32.3. The highest BCUT2D eigenvalue weighted by atomic mass is 32.1. The van der Waals surface area contributed by atoms with Crippen LogP contribution in [0.3, 0.4) is 0 Å². The fraction of sp³-hybridized carbons (Fsp3) is 0. The molecule has 0 unspecified atom stereocenters. The largest absolute Gasteiger partial charge is 0.309 e. The van der Waals surface area contributed by atoms with Crippen molar-refractivity contribution in [2.24, 2.45) is 0 Å². The van der Waals surface area contributed by atoms with E-state index in [2.05, 4.69) is 131 Å². The molecule has 49 heavy (non-hydrogen) atoms. The third-order valence-corrected chi connectivity index (χ3v) is 10.4. The number of aromatic nitrogens is 4. The lowest BCUT2D eigenvalue weighted by Gasteiger charge is -2.25. The number of fused-ring (bicyclic) bond motifs is 7. The minimum absolute atomic E-state index is 0.607. The van der Waals surface area contributed by atoms with Gasteiger partial charge in [0.15, 0.2) is 0 Å². The Morgan fingerprint density at radius 3 is 2.02 bits per heavy atom. The highest BCUT2D eigenvalue weighted by molar-refractivity contribution is 7.25. The van der Waals surface area contributed by atoms with Gasteiger partial charge in [-0.05, 0) is 64.9 Å². The predicted octanol–water partition coefficient (Wildman–Crippen LogP) is 11.6. The zero-order valence-electron chi connectivity index (χ0n) is 26.2. The van der Waals surface area contributed by atoms with Crippen molar-refractivity contribution in [2.45, 2.75) is 0 Å². The highest BCUT2D eigenvalue weighted by Gasteiger charge is 2.21. The molecule has 6 aromatic carbocycles. The summed E-state index contributed by atoms with van der Waals surface area (Å²) in [7, 11) is 0. The molecule has 0 saturated heterocycles. The Balaban J connectivity index is 1.23. The number of anilines is 3. The second kappa shape index (κ2) is 11.1. The summed E-state index contributed by atoms with van der Waals surface area (Å²) in [6, 6.07) is 51.2. The second-order valence-electron chi connectivity index (χ2n) is 12.2. The lowest BCUT2D eigenvalue weighted by atomic mass is 10.1. The molecule has 5 nitrogen and oxygen atoms in total. The third-order valence-electron chi connectivity index (χ3n) is 9.29. The summed E-state index contributed by atoms with van der Waals surface area (Å²) in [6.45, 7) is 0. The van der Waals surface area contributed by atoms with Crippen LogP contribution in [-0.2, 0) is 0 Å². The molecule has 10 rings (SSSR count). The van der Waals surface area contributed by atoms with Crippen molar-refractivity contribution in [1.82, 2.24) is 19.5 Å². The van der Waals surface area contributed by atoms with Gasteiger partial charge in [-0.1, -0.05) is 97.1 Å². The first-order valence-electron chi connectivity index (χ1n) is 16.3. The standard InChI is InChI=1S/C43H27N5S/c1-3-11-28(12-4-1)31-25-45-43(46-26-31)48-38-24-41-36(35-17-9-10-18-40(35)49-41)23-37(38)42-39(48)22-34(27-44-42)47(32-15-5-2-6-16-32)33-20-19-29-13-7-8-14-30(29)21-33/h1-27H. The average molecular weight is 646 g/mol. The molecule has 0 radical (unpaired) electrons. The van der Waals surface area contributed by atoms with Gasteiger partial charge in [-0.25, -0.2) is 9.97 Å². The maximum absolute atomic E-state index is 5.21. The van der Waals surface area contributed by atoms with E-state index in [0.29, 0.717) is 5.95 Å². The van der Waals surface area contributed by atoms with Crippen LogP contribution in [0.1, 0.15) is 0 Å². The van der Waals surface area contributed by atoms with Crippen molar-refractivity contribution in [3.05, 3.63) is 164 Å². The molecule has 0 spiro atoms. The van der Waals surface area contributed by atoms with E-state index in [-0.39, 0.29) is 0 Å². The molecule has 0 N–H and O–H groups in total. The normalized spacial score (nSPS) is 11.7. The van der Waals surface area contributed by atoms with E-state index in [1.807, 2.05) is 54.2 Å². The molecule has 0 fully saturated rings. The molecule has 0 aliphatic heterocycles. The van der Waals surface area contributed by atoms with Crippen molar-refractivity contribution in [2.75, 3.05) is 4.90 Å². The first-order valence-corrected chi connectivity index (χ1v) is 17.1. The van der Waals surface area contributed by atoms with E-state index in [9.17, 15) is 0 Å². The molecule has 0 aliphatic carbocycles. The fourth-order valence-electron chi connectivity index (χ4n) is 6.98. The quantitative estimate of drug-likeness (QED) is 0.187. The molecule has 6 heteroatoms. The Morgan fingerprint density at radius 2 is 1.18 bits per heavy atom. The van der Waals surface area contributed by atoms with Gasteiger partial charge in [-0.15, -0.1) is 11.3 Å². The Hall–Kier alpha value is -6.37. The van der Waals surface area contributed by atoms with Crippen molar-refractivity contribution in [3.8, 4) is 17.1 Å². The van der Waals surface area contributed by atoms with E-state index in [1.54, 1.807) is 0 Å². The van der Waals surface area contributed by atoms with Gasteiger partial charge < -0.3 is 4.90 Å². The zero-order valence-corrected chi connectivity index (χ0v) is 27.0. The maximum Gasteiger partial charge on any atom is 0.234 e. The van der Waals surface area contributed by atoms with Gasteiger partial charge in [0.1, 0.15) is 0 Å². The Morgan fingerprint density at radius 1 is 0.449 bits per heavy atom. The van der Waals surface area contributed by atoms with E-state index in [0.717, 1.165) is 50.1 Å². The molecular weight excluding hydrogens is 619 g/mol. The van der Waals surface area contributed by atoms with Crippen LogP contribution in [0.2, 0.25) is 0 Å². The Kier molecular flexibility index (Phi) is 6.29. The first-order chi connectivity index (χ1) is 24.3. The monoisotopic (exact) mass is 645 g/mol. The number of thiophene rings is 1. The van der Waals surface area contributed by atoms with Gasteiger partial charge in [-0.2, -0.15) is 0 Å². The minimum Gasteiger partial charge on any atom is -0.309 e. The fourth-order valence-corrected chi connectivity index (χ4v) is 8.10. The lowest BCUT2D eigenvalue weighted by molar-refractivity contribution is 0.989. The van der Waals surface area contributed by atoms with Crippen LogP contribution in [0, 0.1) is 0 Å². The lowest BCUT2D eigenvalue weighted by Crippen LogP contribution is -2.10. The number of hydrogen-bond donors (Lipinski definition) is 0. The SMILES string of the molecule is c1ccc(-c2cnc(-n3c4cc5sc6ccccc6c5cc4c4ncc(N(c5ccccc5)c5ccc6ccccc6c5)cc43)nc2)cc1. The molecular formula is C43H27N5S. The Bertz CT molecular complexity index is 2820. The maximum atomic E-state index is 5.21. The second-order valence-corrected chi connectivity index (χ2v) is 13.3. The first kappa shape index (κ1) is 27.7. The molecule has 0 saturated carbocycles. The van der Waals surface area contributed by atoms with Crippen LogP contribution in [0.25, 0.3) is 70.0 Å². The van der Waals surface area contributed by atoms with Crippen LogP contribution in [0.5, 0.6) is 0 Å². The summed E-state index contributed by atoms with van der Waals surface area (Å²) in [6.07, 6.45) is 5.81. The Labute approximate surface area is 286 Å². The highest BCUT2D eigenvalue weighted by Crippen LogP contribution is 2.42. The molecule has 0 aliphatic rings. The topological polar surface area (TPSA) is 46.8 Å². The van der Waals surface area contributed by atoms with Gasteiger partial charge in [0.25, 0.3) is 0 Å². The summed E-state index contributed by atoms with van der Waals surface area (Å²) in [4.78, 5) is 17.4. The van der Waals surface area contributed by atoms with Crippen LogP contribution in [0.4, 0.5) is 17.1 Å². The van der Waals surface area contributed by atoms with Crippen LogP contribution < -0.4 is 4.90 Å². The molecule has 0 bridgehead atoms. The summed E-state index contributed by atoms with van der Waals surface area (Å²) in [5.41, 5.74) is 8.01. The number of benzene rings is 6. The number of nitrogens with zero attached hydrogens (tertiary/aromatic N) is 5. The third kappa shape index (κ3) is 4.57. The summed E-state index contributed by atoms with van der Waals surface area (Å²) < 4.78 is 4.66. The van der Waals surface area contributed by atoms with Crippen LogP contribution in [0.15, 0.2) is 164 Å². The molecule has 0 atom stereocenters. The van der Waals surface area contributed by atoms with Gasteiger partial charge in [0.2, 0.25) is 5.95 Å². The smallest absolute Gasteiger partial charge is 0.234 e. The van der Waals surface area contributed by atoms with Crippen LogP contribution in [-0.4, -0.2) is 19.5 Å². The van der Waals surface area contributed by atoms with E-state index in [1.165, 1.54) is 30.9 Å². The molecule has 0 amide bonds. The number of pyridine rings is 1. The van der Waals surface area contributed by atoms with Crippen molar-refractivity contribution >= 4 is 81.3 Å². The minimum atomic E-state index is 0.607. The summed E-state index contributed by atoms with van der Waals surface area (Å²) >= 11 is 1.81. The van der Waals surface area contributed by atoms with E-state index in [4.69, 9.17) is 15.0 Å². The average Bonchev–Trinajstić information content (AvgIpc) is 3.69. The summed E-state index contributed by atoms with van der Waals surface area (Å²) in [5, 5.41) is 5.96. The van der Waals surface area contributed by atoms with E-state index < -0.39 is 0 Å². The van der Waals surface area contributed by atoms with E-state index >= 15 is 0 Å². The van der Waals surface area contributed by atoms with Crippen molar-refractivity contribution in [3.63, 3.8) is 0 Å². The van der Waals surface area contributed by atoms with Gasteiger partial charge >= 0.3 is 0 Å². The summed E-state index contributed by atoms with van der Waals surface area (Å²) in [5.74, 6) is 0.607. The van der Waals surface area contributed by atoms with Crippen LogP contribution >= 0.6 is 11.3 Å². The number of hydrogen-bond acceptors (Lipinski definition) is 5. The molecule has 10 aromatic rings. The molecule has 4 aromatic heterocycles. The predicted molar refractivity (Wildman–Crippen MR) is 205 cm³/mol. The van der Waals surface area contributed by atoms with Crippen molar-refractivity contribution < 1.29 is 0 Å².